The molecule has 0 radical (unpaired) electrons. The number of carbonyl (C=O) groups is 4. The third-order valence-corrected chi connectivity index (χ3v) is 13.4. The molecule has 0 saturated heterocycles. The number of nitrogens with one attached hydrogen (secondary N) is 2. The summed E-state index contributed by atoms with van der Waals surface area (Å²) in [4.78, 5) is 64.0. The molecule has 69 heavy (non-hydrogen) atoms. The molecule has 356 valence electrons. The van der Waals surface area contributed by atoms with Gasteiger partial charge in [-0.25, -0.2) is 9.59 Å². The largest absolute Gasteiger partial charge is 0.416 e. The van der Waals surface area contributed by atoms with E-state index in [-0.39, 0.29) is 72.1 Å². The third-order valence-electron chi connectivity index (χ3n) is 13.4. The van der Waals surface area contributed by atoms with E-state index in [1.807, 2.05) is 6.07 Å². The zero-order valence-electron chi connectivity index (χ0n) is 37.0. The number of amides is 6. The molecule has 3 aromatic carbocycles. The van der Waals surface area contributed by atoms with Crippen LogP contribution in [0.5, 0.6) is 0 Å². The summed E-state index contributed by atoms with van der Waals surface area (Å²) in [6, 6.07) is 16.1. The quantitative estimate of drug-likeness (QED) is 0.155. The highest BCUT2D eigenvalue weighted by Gasteiger charge is 2.48. The van der Waals surface area contributed by atoms with Crippen molar-refractivity contribution in [3.05, 3.63) is 141 Å². The summed E-state index contributed by atoms with van der Waals surface area (Å²) in [6.45, 7) is 2.35. The molecule has 3 aromatic rings. The number of nitriles is 2. The second-order valence-corrected chi connectivity index (χ2v) is 18.0. The van der Waals surface area contributed by atoms with Gasteiger partial charge in [-0.2, -0.15) is 36.9 Å². The smallest absolute Gasteiger partial charge is 0.333 e. The van der Waals surface area contributed by atoms with Crippen molar-refractivity contribution in [3.63, 3.8) is 0 Å². The number of urea groups is 2. The van der Waals surface area contributed by atoms with Gasteiger partial charge < -0.3 is 25.3 Å². The Hall–Kier alpha value is -7.38. The Kier molecular flexibility index (Phi) is 12.6. The van der Waals surface area contributed by atoms with Gasteiger partial charge in [0, 0.05) is 31.1 Å². The maximum absolute atomic E-state index is 14.4. The molecule has 1 unspecified atom stereocenters. The van der Waals surface area contributed by atoms with Gasteiger partial charge in [0.2, 0.25) is 0 Å². The highest BCUT2D eigenvalue weighted by atomic mass is 19.4. The summed E-state index contributed by atoms with van der Waals surface area (Å²) in [7, 11) is 0. The van der Waals surface area contributed by atoms with E-state index in [9.17, 15) is 56.0 Å². The number of anilines is 2. The first-order chi connectivity index (χ1) is 33.0. The molecule has 6 aliphatic rings. The monoisotopic (exact) mass is 949 g/mol. The lowest BCUT2D eigenvalue weighted by Crippen LogP contribution is -2.54. The van der Waals surface area contributed by atoms with Crippen LogP contribution in [0.1, 0.15) is 60.4 Å². The number of alkyl halides is 6. The van der Waals surface area contributed by atoms with Gasteiger partial charge in [-0.3, -0.25) is 19.4 Å². The van der Waals surface area contributed by atoms with Crippen LogP contribution in [0.3, 0.4) is 0 Å². The van der Waals surface area contributed by atoms with Gasteiger partial charge in [0.05, 0.1) is 87.9 Å². The average molecular weight is 950 g/mol. The number of hydrogen-bond acceptors (Lipinski definition) is 7. The van der Waals surface area contributed by atoms with Gasteiger partial charge in [0.25, 0.3) is 11.8 Å². The lowest BCUT2D eigenvalue weighted by Gasteiger charge is -2.36. The number of allylic oxidation sites excluding steroid dienone is 3. The molecule has 9 rings (SSSR count). The van der Waals surface area contributed by atoms with Crippen LogP contribution >= 0.6 is 0 Å². The van der Waals surface area contributed by atoms with Crippen molar-refractivity contribution in [3.8, 4) is 12.1 Å². The lowest BCUT2D eigenvalue weighted by atomic mass is 9.84. The Morgan fingerprint density at radius 3 is 1.75 bits per heavy atom. The molecule has 0 spiro atoms. The van der Waals surface area contributed by atoms with E-state index in [1.54, 1.807) is 52.3 Å². The van der Waals surface area contributed by atoms with Crippen molar-refractivity contribution in [2.45, 2.75) is 56.5 Å². The van der Waals surface area contributed by atoms with Crippen LogP contribution in [0, 0.1) is 34.5 Å². The predicted molar refractivity (Wildman–Crippen MR) is 239 cm³/mol. The van der Waals surface area contributed by atoms with Crippen molar-refractivity contribution >= 4 is 35.3 Å². The van der Waals surface area contributed by atoms with Crippen molar-refractivity contribution in [2.75, 3.05) is 55.6 Å². The van der Waals surface area contributed by atoms with Crippen LogP contribution in [0.25, 0.3) is 0 Å². The third kappa shape index (κ3) is 9.56. The first-order valence-corrected chi connectivity index (χ1v) is 22.6. The molecule has 13 nitrogen and oxygen atoms in total. The number of halogens is 6. The summed E-state index contributed by atoms with van der Waals surface area (Å²) in [5, 5.41) is 24.4. The topological polar surface area (TPSA) is 156 Å². The fourth-order valence-corrected chi connectivity index (χ4v) is 9.79. The molecular weight excluding hydrogens is 905 g/mol. The molecule has 4 aliphatic heterocycles. The molecular formula is C50H45F6N9O4. The van der Waals surface area contributed by atoms with E-state index >= 15 is 0 Å². The Morgan fingerprint density at radius 2 is 1.25 bits per heavy atom. The van der Waals surface area contributed by atoms with Gasteiger partial charge in [0.15, 0.2) is 0 Å². The molecule has 2 N–H and O–H groups in total. The predicted octanol–water partition coefficient (Wildman–Crippen LogP) is 8.18. The second-order valence-electron chi connectivity index (χ2n) is 18.0. The molecule has 1 saturated carbocycles. The summed E-state index contributed by atoms with van der Waals surface area (Å²) in [6.07, 6.45) is -0.776. The molecule has 4 heterocycles. The zero-order chi connectivity index (χ0) is 48.8. The molecule has 3 atom stereocenters. The maximum atomic E-state index is 14.4. The number of carbonyl (C=O) groups excluding carboxylic acids is 4. The first-order valence-electron chi connectivity index (χ1n) is 22.6. The van der Waals surface area contributed by atoms with E-state index < -0.39 is 47.6 Å². The standard InChI is InChI=1S/C50H45F6N9O4/c51-49(52,53)35-5-1-7-37(23-35)64-39-28-62(45(66)41(39)43(59-47(64)68)33-15-11-30(25-57)12-16-33)21-3-19-61(27-32-9-10-32)20-4-22-63-29-40-42(46(63)67)44(34-17-13-31(26-58)14-18-34)60-48(69)65(40)38-8-2-6-36(24-38)50(54,55)56/h1-2,5-8,11-17,23-24,32,34,43-44H,3-4,9-10,18-22,27-29H2,(H,59,68)(H,60,69)/t34?,43-,44-/m1/s1. The van der Waals surface area contributed by atoms with Crippen LogP contribution in [0.15, 0.2) is 119 Å². The SMILES string of the molecule is N#CC1=CCC([C@H]2NC(=O)N(c3cccc(C(F)(F)F)c3)C3=C2C(=O)N(CCCN(CCCN2CC4=C(C2=O)[C@@H](c2ccc(C#N)cc2)NC(=O)N4c2cccc(C(F)(F)F)c2)CC2CC2)C3)C=C1. The van der Waals surface area contributed by atoms with Crippen molar-refractivity contribution in [2.24, 2.45) is 11.8 Å². The molecule has 1 fully saturated rings. The van der Waals surface area contributed by atoms with Crippen molar-refractivity contribution in [1.82, 2.24) is 25.3 Å². The lowest BCUT2D eigenvalue weighted by molar-refractivity contribution is -0.138. The van der Waals surface area contributed by atoms with Gasteiger partial charge in [-0.05, 0) is 111 Å². The Balaban J connectivity index is 0.890. The van der Waals surface area contributed by atoms with Crippen LogP contribution in [-0.4, -0.2) is 90.4 Å². The zero-order valence-corrected chi connectivity index (χ0v) is 37.0. The van der Waals surface area contributed by atoms with Gasteiger partial charge in [-0.15, -0.1) is 0 Å². The fraction of sp³-hybridized carbons (Fsp3) is 0.360. The van der Waals surface area contributed by atoms with E-state index in [0.717, 1.165) is 53.5 Å². The van der Waals surface area contributed by atoms with E-state index in [2.05, 4.69) is 21.6 Å². The minimum absolute atomic E-state index is 0.0141. The van der Waals surface area contributed by atoms with Gasteiger partial charge in [0.1, 0.15) is 0 Å². The Labute approximate surface area is 393 Å². The first kappa shape index (κ1) is 46.7. The number of nitrogens with zero attached hydrogens (tertiary/aromatic N) is 7. The van der Waals surface area contributed by atoms with Crippen molar-refractivity contribution in [1.29, 1.82) is 10.5 Å². The van der Waals surface area contributed by atoms with Crippen LogP contribution in [0.4, 0.5) is 47.3 Å². The summed E-state index contributed by atoms with van der Waals surface area (Å²) in [5.74, 6) is -0.647. The fourth-order valence-electron chi connectivity index (χ4n) is 9.79. The van der Waals surface area contributed by atoms with E-state index in [4.69, 9.17) is 0 Å². The van der Waals surface area contributed by atoms with E-state index in [0.29, 0.717) is 60.7 Å². The maximum Gasteiger partial charge on any atom is 0.416 e. The molecule has 0 bridgehead atoms. The van der Waals surface area contributed by atoms with Crippen LogP contribution in [0.2, 0.25) is 0 Å². The number of benzene rings is 3. The second kappa shape index (κ2) is 18.6. The number of hydrogen-bond donors (Lipinski definition) is 2. The van der Waals surface area contributed by atoms with Gasteiger partial charge >= 0.3 is 24.4 Å². The van der Waals surface area contributed by atoms with E-state index in [1.165, 1.54) is 24.3 Å². The molecule has 19 heteroatoms. The summed E-state index contributed by atoms with van der Waals surface area (Å²) >= 11 is 0. The molecule has 0 aromatic heterocycles. The van der Waals surface area contributed by atoms with Crippen LogP contribution in [-0.2, 0) is 21.9 Å². The van der Waals surface area contributed by atoms with Gasteiger partial charge in [-0.1, -0.05) is 36.4 Å². The Morgan fingerprint density at radius 1 is 0.696 bits per heavy atom. The normalized spacial score (nSPS) is 21.6. The summed E-state index contributed by atoms with van der Waals surface area (Å²) in [5.41, 5.74) is 0.389. The van der Waals surface area contributed by atoms with Crippen LogP contribution < -0.4 is 20.4 Å². The molecule has 2 aliphatic carbocycles. The number of rotatable bonds is 14. The molecule has 6 amide bonds. The highest BCUT2D eigenvalue weighted by molar-refractivity contribution is 6.08. The van der Waals surface area contributed by atoms with Crippen molar-refractivity contribution < 1.29 is 45.5 Å². The Bertz CT molecular complexity index is 2800. The summed E-state index contributed by atoms with van der Waals surface area (Å²) < 4.78 is 83.0. The minimum Gasteiger partial charge on any atom is -0.333 e. The minimum atomic E-state index is -4.68. The highest BCUT2D eigenvalue weighted by Crippen LogP contribution is 2.42. The average Bonchev–Trinajstić information content (AvgIpc) is 4.02.